The van der Waals surface area contributed by atoms with Gasteiger partial charge in [0.1, 0.15) is 0 Å². The van der Waals surface area contributed by atoms with E-state index >= 15 is 0 Å². The highest BCUT2D eigenvalue weighted by molar-refractivity contribution is 5.98. The van der Waals surface area contributed by atoms with Crippen LogP contribution in [0.15, 0.2) is 30.3 Å². The van der Waals surface area contributed by atoms with Crippen molar-refractivity contribution in [1.29, 1.82) is 0 Å². The summed E-state index contributed by atoms with van der Waals surface area (Å²) in [6.07, 6.45) is 4.09. The van der Waals surface area contributed by atoms with E-state index in [4.69, 9.17) is 0 Å². The van der Waals surface area contributed by atoms with Crippen LogP contribution in [0.2, 0.25) is 0 Å². The molecular formula is C16H19N3O. The third-order valence-electron chi connectivity index (χ3n) is 3.96. The second-order valence-corrected chi connectivity index (χ2v) is 5.08. The first-order valence-electron chi connectivity index (χ1n) is 7.05. The van der Waals surface area contributed by atoms with Gasteiger partial charge in [-0.15, -0.1) is 0 Å². The molecule has 0 radical (unpaired) electrons. The Balaban J connectivity index is 1.95. The van der Waals surface area contributed by atoms with Crippen molar-refractivity contribution in [3.8, 4) is 0 Å². The van der Waals surface area contributed by atoms with Crippen molar-refractivity contribution in [1.82, 2.24) is 9.88 Å². The van der Waals surface area contributed by atoms with Crippen molar-refractivity contribution in [3.05, 3.63) is 36.0 Å². The molecule has 20 heavy (non-hydrogen) atoms. The highest BCUT2D eigenvalue weighted by Crippen LogP contribution is 2.29. The summed E-state index contributed by atoms with van der Waals surface area (Å²) < 4.78 is 0. The van der Waals surface area contributed by atoms with E-state index in [0.717, 1.165) is 54.7 Å². The van der Waals surface area contributed by atoms with Crippen LogP contribution in [-0.4, -0.2) is 35.9 Å². The largest absolute Gasteiger partial charge is 0.355 e. The number of hydrogen-bond donors (Lipinski definition) is 2. The SMILES string of the molecule is CCN1CC=C(c2cc3c(NC=O)cccc3[nH]2)CC1. The van der Waals surface area contributed by atoms with Crippen molar-refractivity contribution in [2.24, 2.45) is 0 Å². The Labute approximate surface area is 118 Å². The summed E-state index contributed by atoms with van der Waals surface area (Å²) >= 11 is 0. The molecular weight excluding hydrogens is 250 g/mol. The van der Waals surface area contributed by atoms with E-state index in [1.807, 2.05) is 18.2 Å². The summed E-state index contributed by atoms with van der Waals surface area (Å²) in [5, 5.41) is 3.82. The normalized spacial score (nSPS) is 16.1. The number of H-pyrrole nitrogens is 1. The maximum absolute atomic E-state index is 10.7. The van der Waals surface area contributed by atoms with Crippen LogP contribution >= 0.6 is 0 Å². The molecule has 2 heterocycles. The minimum absolute atomic E-state index is 0.723. The topological polar surface area (TPSA) is 48.1 Å². The molecule has 0 aliphatic carbocycles. The summed E-state index contributed by atoms with van der Waals surface area (Å²) in [5.74, 6) is 0. The zero-order chi connectivity index (χ0) is 13.9. The molecule has 0 saturated carbocycles. The molecule has 1 aliphatic heterocycles. The number of aromatic nitrogens is 1. The summed E-state index contributed by atoms with van der Waals surface area (Å²) in [6.45, 7) is 5.42. The first kappa shape index (κ1) is 12.9. The minimum Gasteiger partial charge on any atom is -0.355 e. The van der Waals surface area contributed by atoms with Crippen LogP contribution in [0.25, 0.3) is 16.5 Å². The summed E-state index contributed by atoms with van der Waals surface area (Å²) in [4.78, 5) is 16.5. The molecule has 0 fully saturated rings. The average Bonchev–Trinajstić information content (AvgIpc) is 2.93. The van der Waals surface area contributed by atoms with Crippen LogP contribution in [0.3, 0.4) is 0 Å². The van der Waals surface area contributed by atoms with Gasteiger partial charge >= 0.3 is 0 Å². The van der Waals surface area contributed by atoms with E-state index in [9.17, 15) is 4.79 Å². The number of carbonyl (C=O) groups is 1. The summed E-state index contributed by atoms with van der Waals surface area (Å²) in [5.41, 5.74) is 4.44. The number of carbonyl (C=O) groups excluding carboxylic acids is 1. The molecule has 1 amide bonds. The third kappa shape index (κ3) is 2.34. The van der Waals surface area contributed by atoms with Crippen molar-refractivity contribution >= 4 is 28.6 Å². The van der Waals surface area contributed by atoms with Gasteiger partial charge in [0.05, 0.1) is 0 Å². The van der Waals surface area contributed by atoms with Crippen molar-refractivity contribution < 1.29 is 4.79 Å². The van der Waals surface area contributed by atoms with Gasteiger partial charge in [0.15, 0.2) is 0 Å². The number of fused-ring (bicyclic) bond motifs is 1. The van der Waals surface area contributed by atoms with E-state index in [1.165, 1.54) is 5.57 Å². The zero-order valence-corrected chi connectivity index (χ0v) is 11.6. The van der Waals surface area contributed by atoms with Gasteiger partial charge in [0, 0.05) is 35.4 Å². The van der Waals surface area contributed by atoms with E-state index in [1.54, 1.807) is 0 Å². The highest BCUT2D eigenvalue weighted by Gasteiger charge is 2.14. The predicted octanol–water partition coefficient (Wildman–Crippen LogP) is 2.85. The van der Waals surface area contributed by atoms with E-state index in [2.05, 4.69) is 34.3 Å². The van der Waals surface area contributed by atoms with Crippen molar-refractivity contribution in [3.63, 3.8) is 0 Å². The fraction of sp³-hybridized carbons (Fsp3) is 0.312. The maximum atomic E-state index is 10.7. The monoisotopic (exact) mass is 269 g/mol. The fourth-order valence-corrected chi connectivity index (χ4v) is 2.76. The molecule has 4 nitrogen and oxygen atoms in total. The number of nitrogens with zero attached hydrogens (tertiary/aromatic N) is 1. The Morgan fingerprint density at radius 2 is 2.35 bits per heavy atom. The van der Waals surface area contributed by atoms with Gasteiger partial charge in [-0.2, -0.15) is 0 Å². The van der Waals surface area contributed by atoms with Crippen LogP contribution < -0.4 is 5.32 Å². The second-order valence-electron chi connectivity index (χ2n) is 5.08. The highest BCUT2D eigenvalue weighted by atomic mass is 16.1. The number of rotatable bonds is 4. The number of aromatic amines is 1. The molecule has 0 unspecified atom stereocenters. The predicted molar refractivity (Wildman–Crippen MR) is 82.7 cm³/mol. The first-order chi connectivity index (χ1) is 9.81. The van der Waals surface area contributed by atoms with E-state index in [0.29, 0.717) is 0 Å². The quantitative estimate of drug-likeness (QED) is 0.838. The third-order valence-corrected chi connectivity index (χ3v) is 3.96. The first-order valence-corrected chi connectivity index (χ1v) is 7.05. The molecule has 1 aromatic carbocycles. The maximum Gasteiger partial charge on any atom is 0.211 e. The van der Waals surface area contributed by atoms with E-state index < -0.39 is 0 Å². The molecule has 1 aliphatic rings. The van der Waals surface area contributed by atoms with Crippen LogP contribution in [-0.2, 0) is 4.79 Å². The average molecular weight is 269 g/mol. The summed E-state index contributed by atoms with van der Waals surface area (Å²) in [7, 11) is 0. The molecule has 0 spiro atoms. The lowest BCUT2D eigenvalue weighted by Gasteiger charge is -2.24. The number of anilines is 1. The Bertz CT molecular complexity index is 657. The van der Waals surface area contributed by atoms with Crippen LogP contribution in [0.5, 0.6) is 0 Å². The van der Waals surface area contributed by atoms with E-state index in [-0.39, 0.29) is 0 Å². The number of nitrogens with one attached hydrogen (secondary N) is 2. The molecule has 4 heteroatoms. The lowest BCUT2D eigenvalue weighted by atomic mass is 10.0. The van der Waals surface area contributed by atoms with Crippen LogP contribution in [0, 0.1) is 0 Å². The summed E-state index contributed by atoms with van der Waals surface area (Å²) in [6, 6.07) is 8.04. The zero-order valence-electron chi connectivity index (χ0n) is 11.6. The number of hydrogen-bond acceptors (Lipinski definition) is 2. The minimum atomic E-state index is 0.723. The molecule has 104 valence electrons. The standard InChI is InChI=1S/C16H19N3O/c1-2-19-8-6-12(7-9-19)16-10-13-14(17-11-20)4-3-5-15(13)18-16/h3-6,10-11,18H,2,7-9H2,1H3,(H,17,20). The smallest absolute Gasteiger partial charge is 0.211 e. The lowest BCUT2D eigenvalue weighted by Crippen LogP contribution is -2.28. The second kappa shape index (κ2) is 5.51. The van der Waals surface area contributed by atoms with Gasteiger partial charge in [-0.05, 0) is 36.7 Å². The molecule has 0 saturated heterocycles. The molecule has 1 aromatic heterocycles. The Morgan fingerprint density at radius 3 is 3.05 bits per heavy atom. The van der Waals surface area contributed by atoms with Crippen molar-refractivity contribution in [2.75, 3.05) is 25.0 Å². The Hall–Kier alpha value is -2.07. The Kier molecular flexibility index (Phi) is 3.56. The molecule has 2 aromatic rings. The Morgan fingerprint density at radius 1 is 1.45 bits per heavy atom. The molecule has 3 rings (SSSR count). The van der Waals surface area contributed by atoms with Gasteiger partial charge < -0.3 is 10.3 Å². The van der Waals surface area contributed by atoms with Crippen LogP contribution in [0.1, 0.15) is 19.0 Å². The fourth-order valence-electron chi connectivity index (χ4n) is 2.76. The number of benzene rings is 1. The van der Waals surface area contributed by atoms with Gasteiger partial charge in [-0.3, -0.25) is 9.69 Å². The van der Waals surface area contributed by atoms with Gasteiger partial charge in [0.2, 0.25) is 6.41 Å². The van der Waals surface area contributed by atoms with Gasteiger partial charge in [-0.25, -0.2) is 0 Å². The number of likely N-dealkylation sites (N-methyl/N-ethyl adjacent to an activating group) is 1. The van der Waals surface area contributed by atoms with Crippen molar-refractivity contribution in [2.45, 2.75) is 13.3 Å². The molecule has 0 atom stereocenters. The van der Waals surface area contributed by atoms with Gasteiger partial charge in [0.25, 0.3) is 0 Å². The molecule has 0 bridgehead atoms. The molecule has 2 N–H and O–H groups in total. The van der Waals surface area contributed by atoms with Crippen LogP contribution in [0.4, 0.5) is 5.69 Å². The lowest BCUT2D eigenvalue weighted by molar-refractivity contribution is -0.105. The number of amides is 1. The van der Waals surface area contributed by atoms with Gasteiger partial charge in [-0.1, -0.05) is 19.1 Å².